The molecule has 66 valence electrons. The summed E-state index contributed by atoms with van der Waals surface area (Å²) in [6.07, 6.45) is -5.99. The first-order chi connectivity index (χ1) is 5.04. The van der Waals surface area contributed by atoms with Crippen molar-refractivity contribution in [3.63, 3.8) is 0 Å². The van der Waals surface area contributed by atoms with Gasteiger partial charge in [-0.15, -0.1) is 0 Å². The van der Waals surface area contributed by atoms with Crippen molar-refractivity contribution < 1.29 is 25.2 Å². The minimum atomic E-state index is -1.43. The Hall–Kier alpha value is -0.200. The second-order valence-electron chi connectivity index (χ2n) is 2.70. The first-order valence-corrected chi connectivity index (χ1v) is 3.41. The Bertz CT molecular complexity index is 125. The molecule has 0 aromatic carbocycles. The van der Waals surface area contributed by atoms with E-state index in [1.54, 1.807) is 0 Å². The lowest BCUT2D eigenvalue weighted by molar-refractivity contribution is -0.277. The van der Waals surface area contributed by atoms with E-state index < -0.39 is 30.7 Å². The summed E-state index contributed by atoms with van der Waals surface area (Å²) in [6, 6.07) is 0. The van der Waals surface area contributed by atoms with Crippen LogP contribution in [0.25, 0.3) is 0 Å². The van der Waals surface area contributed by atoms with Crippen molar-refractivity contribution in [1.82, 2.24) is 0 Å². The van der Waals surface area contributed by atoms with E-state index in [9.17, 15) is 0 Å². The molecule has 0 spiro atoms. The fraction of sp³-hybridized carbons (Fsp3) is 1.00. The molecule has 1 fully saturated rings. The van der Waals surface area contributed by atoms with E-state index in [4.69, 9.17) is 20.4 Å². The van der Waals surface area contributed by atoms with Gasteiger partial charge < -0.3 is 25.2 Å². The minimum absolute atomic E-state index is 0.664. The van der Waals surface area contributed by atoms with Crippen LogP contribution in [0.15, 0.2) is 0 Å². The average Bonchev–Trinajstić information content (AvgIpc) is 1.97. The van der Waals surface area contributed by atoms with Gasteiger partial charge in [-0.25, -0.2) is 0 Å². The van der Waals surface area contributed by atoms with Gasteiger partial charge in [0, 0.05) is 0 Å². The molecule has 1 unspecified atom stereocenters. The zero-order valence-electron chi connectivity index (χ0n) is 6.08. The van der Waals surface area contributed by atoms with Crippen molar-refractivity contribution in [3.05, 3.63) is 0 Å². The highest BCUT2D eigenvalue weighted by Gasteiger charge is 2.40. The predicted octanol–water partition coefficient (Wildman–Crippen LogP) is -2.19. The summed E-state index contributed by atoms with van der Waals surface area (Å²) in [6.45, 7) is 1.50. The zero-order valence-corrected chi connectivity index (χ0v) is 6.08. The molecule has 0 aliphatic carbocycles. The highest BCUT2D eigenvalue weighted by atomic mass is 16.7. The number of ether oxygens (including phenoxy) is 1. The highest BCUT2D eigenvalue weighted by molar-refractivity contribution is 4.86. The summed E-state index contributed by atoms with van der Waals surface area (Å²) < 4.78 is 4.68. The quantitative estimate of drug-likeness (QED) is 0.306. The van der Waals surface area contributed by atoms with Crippen LogP contribution in [0.3, 0.4) is 0 Å². The van der Waals surface area contributed by atoms with Crippen LogP contribution in [-0.2, 0) is 4.74 Å². The van der Waals surface area contributed by atoms with Gasteiger partial charge in [0.1, 0.15) is 18.3 Å². The van der Waals surface area contributed by atoms with Crippen molar-refractivity contribution in [2.75, 3.05) is 0 Å². The lowest BCUT2D eigenvalue weighted by atomic mass is 10.1. The Labute approximate surface area is 63.8 Å². The van der Waals surface area contributed by atoms with Gasteiger partial charge in [-0.1, -0.05) is 0 Å². The van der Waals surface area contributed by atoms with Crippen molar-refractivity contribution in [1.29, 1.82) is 0 Å². The Morgan fingerprint density at radius 2 is 1.45 bits per heavy atom. The van der Waals surface area contributed by atoms with E-state index in [1.807, 2.05) is 0 Å². The van der Waals surface area contributed by atoms with E-state index in [0.717, 1.165) is 0 Å². The van der Waals surface area contributed by atoms with Gasteiger partial charge in [0.05, 0.1) is 6.10 Å². The normalized spacial score (nSPS) is 52.6. The van der Waals surface area contributed by atoms with Gasteiger partial charge in [0.15, 0.2) is 6.29 Å². The molecular formula is C6H12O5. The van der Waals surface area contributed by atoms with E-state index in [1.165, 1.54) is 6.92 Å². The second-order valence-corrected chi connectivity index (χ2v) is 2.70. The Morgan fingerprint density at radius 1 is 0.909 bits per heavy atom. The van der Waals surface area contributed by atoms with Crippen molar-refractivity contribution in [2.45, 2.75) is 37.6 Å². The summed E-state index contributed by atoms with van der Waals surface area (Å²) >= 11 is 0. The molecule has 11 heavy (non-hydrogen) atoms. The van der Waals surface area contributed by atoms with Crippen LogP contribution in [0.2, 0.25) is 0 Å². The van der Waals surface area contributed by atoms with Crippen molar-refractivity contribution in [2.24, 2.45) is 0 Å². The number of rotatable bonds is 0. The summed E-state index contributed by atoms with van der Waals surface area (Å²) in [5, 5.41) is 36.0. The van der Waals surface area contributed by atoms with Crippen LogP contribution >= 0.6 is 0 Å². The highest BCUT2D eigenvalue weighted by Crippen LogP contribution is 2.18. The molecule has 0 radical (unpaired) electrons. The molecule has 5 atom stereocenters. The molecular weight excluding hydrogens is 153 g/mol. The molecule has 1 aliphatic rings. The molecule has 1 heterocycles. The summed E-state index contributed by atoms with van der Waals surface area (Å²) in [7, 11) is 0. The molecule has 0 amide bonds. The topological polar surface area (TPSA) is 90.2 Å². The standard InChI is InChI=1S/C6H12O5/c1-2-3(7)4(8)5(9)6(10)11-2/h2-10H,1H3/t2-,3-,4+,5+,6?/m0/s1/i5+1. The Balaban J connectivity index is 2.63. The number of aliphatic hydroxyl groups is 4. The van der Waals surface area contributed by atoms with Gasteiger partial charge in [-0.2, -0.15) is 0 Å². The lowest BCUT2D eigenvalue weighted by Gasteiger charge is -2.36. The van der Waals surface area contributed by atoms with E-state index >= 15 is 0 Å². The van der Waals surface area contributed by atoms with Crippen LogP contribution < -0.4 is 0 Å². The van der Waals surface area contributed by atoms with Crippen LogP contribution in [0.5, 0.6) is 0 Å². The third kappa shape index (κ3) is 1.52. The molecule has 1 saturated heterocycles. The Kier molecular flexibility index (Phi) is 2.46. The first-order valence-electron chi connectivity index (χ1n) is 3.41. The molecule has 1 rings (SSSR count). The van der Waals surface area contributed by atoms with Gasteiger partial charge >= 0.3 is 0 Å². The molecule has 0 bridgehead atoms. The molecule has 0 saturated carbocycles. The number of hydrogen-bond donors (Lipinski definition) is 4. The third-order valence-corrected chi connectivity index (χ3v) is 1.83. The van der Waals surface area contributed by atoms with Crippen LogP contribution in [0.1, 0.15) is 6.92 Å². The predicted molar refractivity (Wildman–Crippen MR) is 34.6 cm³/mol. The number of aliphatic hydroxyl groups excluding tert-OH is 4. The average molecular weight is 165 g/mol. The molecule has 5 heteroatoms. The van der Waals surface area contributed by atoms with E-state index in [-0.39, 0.29) is 0 Å². The molecule has 4 N–H and O–H groups in total. The summed E-state index contributed by atoms with van der Waals surface area (Å²) in [4.78, 5) is 0. The zero-order chi connectivity index (χ0) is 8.59. The van der Waals surface area contributed by atoms with Gasteiger partial charge in [-0.3, -0.25) is 0 Å². The molecule has 0 aromatic rings. The monoisotopic (exact) mass is 165 g/mol. The lowest BCUT2D eigenvalue weighted by Crippen LogP contribution is -2.56. The van der Waals surface area contributed by atoms with Crippen LogP contribution in [-0.4, -0.2) is 51.1 Å². The SMILES string of the molecule is C[C@@H]1OC(O)[13C@H](O)[C@H](O)[C@H]1O. The number of hydrogen-bond acceptors (Lipinski definition) is 5. The van der Waals surface area contributed by atoms with Gasteiger partial charge in [-0.05, 0) is 6.92 Å². The third-order valence-electron chi connectivity index (χ3n) is 1.83. The van der Waals surface area contributed by atoms with E-state index in [0.29, 0.717) is 0 Å². The van der Waals surface area contributed by atoms with E-state index in [2.05, 4.69) is 4.74 Å². The van der Waals surface area contributed by atoms with Crippen molar-refractivity contribution >= 4 is 0 Å². The summed E-state index contributed by atoms with van der Waals surface area (Å²) in [5.41, 5.74) is 0. The second kappa shape index (κ2) is 3.04. The maximum Gasteiger partial charge on any atom is 0.183 e. The fourth-order valence-electron chi connectivity index (χ4n) is 1.03. The smallest absolute Gasteiger partial charge is 0.183 e. The molecule has 1 aliphatic heterocycles. The van der Waals surface area contributed by atoms with Crippen LogP contribution in [0.4, 0.5) is 0 Å². The first kappa shape index (κ1) is 8.89. The maximum atomic E-state index is 9.09. The molecule has 0 aromatic heterocycles. The molecule has 5 nitrogen and oxygen atoms in total. The maximum absolute atomic E-state index is 9.09. The fourth-order valence-corrected chi connectivity index (χ4v) is 1.03. The Morgan fingerprint density at radius 3 is 2.00 bits per heavy atom. The van der Waals surface area contributed by atoms with Crippen LogP contribution in [0, 0.1) is 0 Å². The minimum Gasteiger partial charge on any atom is -0.388 e. The largest absolute Gasteiger partial charge is 0.388 e. The summed E-state index contributed by atoms with van der Waals surface area (Å²) in [5.74, 6) is 0. The van der Waals surface area contributed by atoms with Crippen molar-refractivity contribution in [3.8, 4) is 0 Å². The van der Waals surface area contributed by atoms with Gasteiger partial charge in [0.25, 0.3) is 0 Å². The van der Waals surface area contributed by atoms with Gasteiger partial charge in [0.2, 0.25) is 0 Å².